The Labute approximate surface area is 128 Å². The largest absolute Gasteiger partial charge is 0.461 e. The second-order valence-electron chi connectivity index (χ2n) is 4.92. The van der Waals surface area contributed by atoms with Crippen molar-refractivity contribution in [3.8, 4) is 0 Å². The van der Waals surface area contributed by atoms with Gasteiger partial charge in [0.15, 0.2) is 0 Å². The SMILES string of the molecule is CCOC(=O)c1cc2cc(NCc3cccnc3)ccc2[nH]1. The molecule has 2 heterocycles. The van der Waals surface area contributed by atoms with Crippen LogP contribution in [0.5, 0.6) is 0 Å². The fourth-order valence-corrected chi connectivity index (χ4v) is 2.27. The molecule has 0 fully saturated rings. The Kier molecular flexibility index (Phi) is 4.05. The van der Waals surface area contributed by atoms with Crippen LogP contribution in [0.15, 0.2) is 48.8 Å². The highest BCUT2D eigenvalue weighted by molar-refractivity contribution is 5.95. The Bertz CT molecular complexity index is 781. The van der Waals surface area contributed by atoms with E-state index in [1.54, 1.807) is 13.1 Å². The molecular formula is C17H17N3O2. The van der Waals surface area contributed by atoms with E-state index in [1.165, 1.54) is 0 Å². The summed E-state index contributed by atoms with van der Waals surface area (Å²) in [4.78, 5) is 18.9. The summed E-state index contributed by atoms with van der Waals surface area (Å²) < 4.78 is 5.00. The average molecular weight is 295 g/mol. The summed E-state index contributed by atoms with van der Waals surface area (Å²) in [6.45, 7) is 2.86. The summed E-state index contributed by atoms with van der Waals surface area (Å²) in [5.74, 6) is -0.330. The van der Waals surface area contributed by atoms with Crippen LogP contribution < -0.4 is 5.32 Å². The normalized spacial score (nSPS) is 10.6. The van der Waals surface area contributed by atoms with Gasteiger partial charge in [-0.05, 0) is 42.8 Å². The first-order valence-electron chi connectivity index (χ1n) is 7.19. The van der Waals surface area contributed by atoms with Crippen LogP contribution in [0, 0.1) is 0 Å². The number of nitrogens with zero attached hydrogens (tertiary/aromatic N) is 1. The van der Waals surface area contributed by atoms with E-state index in [1.807, 2.05) is 42.6 Å². The van der Waals surface area contributed by atoms with Crippen molar-refractivity contribution in [3.05, 3.63) is 60.0 Å². The van der Waals surface area contributed by atoms with Crippen molar-refractivity contribution in [2.75, 3.05) is 11.9 Å². The third kappa shape index (κ3) is 3.09. The van der Waals surface area contributed by atoms with Gasteiger partial charge in [-0.2, -0.15) is 0 Å². The Morgan fingerprint density at radius 3 is 3.00 bits per heavy atom. The number of H-pyrrole nitrogens is 1. The summed E-state index contributed by atoms with van der Waals surface area (Å²) in [5, 5.41) is 4.32. The van der Waals surface area contributed by atoms with Crippen LogP contribution in [0.4, 0.5) is 5.69 Å². The molecule has 3 aromatic rings. The molecular weight excluding hydrogens is 278 g/mol. The van der Waals surface area contributed by atoms with Crippen molar-refractivity contribution in [1.82, 2.24) is 9.97 Å². The molecule has 0 radical (unpaired) electrons. The molecule has 0 atom stereocenters. The second-order valence-corrected chi connectivity index (χ2v) is 4.92. The molecule has 2 aromatic heterocycles. The second kappa shape index (κ2) is 6.30. The van der Waals surface area contributed by atoms with E-state index >= 15 is 0 Å². The minimum atomic E-state index is -0.330. The summed E-state index contributed by atoms with van der Waals surface area (Å²) in [6, 6.07) is 11.7. The van der Waals surface area contributed by atoms with Gasteiger partial charge in [0.25, 0.3) is 0 Å². The van der Waals surface area contributed by atoms with Gasteiger partial charge in [0.2, 0.25) is 0 Å². The lowest BCUT2D eigenvalue weighted by molar-refractivity contribution is 0.0520. The van der Waals surface area contributed by atoms with Crippen molar-refractivity contribution >= 4 is 22.6 Å². The fraction of sp³-hybridized carbons (Fsp3) is 0.176. The van der Waals surface area contributed by atoms with Gasteiger partial charge in [0.1, 0.15) is 5.69 Å². The Balaban J connectivity index is 1.76. The van der Waals surface area contributed by atoms with Gasteiger partial charge in [-0.3, -0.25) is 4.98 Å². The number of fused-ring (bicyclic) bond motifs is 1. The summed E-state index contributed by atoms with van der Waals surface area (Å²) in [7, 11) is 0. The van der Waals surface area contributed by atoms with Gasteiger partial charge in [-0.15, -0.1) is 0 Å². The van der Waals surface area contributed by atoms with E-state index in [0.29, 0.717) is 18.8 Å². The van der Waals surface area contributed by atoms with Crippen LogP contribution in [-0.2, 0) is 11.3 Å². The number of carbonyl (C=O) groups excluding carboxylic acids is 1. The maximum Gasteiger partial charge on any atom is 0.354 e. The number of anilines is 1. The molecule has 0 saturated heterocycles. The van der Waals surface area contributed by atoms with Crippen LogP contribution in [0.25, 0.3) is 10.9 Å². The van der Waals surface area contributed by atoms with Gasteiger partial charge < -0.3 is 15.0 Å². The van der Waals surface area contributed by atoms with Gasteiger partial charge >= 0.3 is 5.97 Å². The maximum absolute atomic E-state index is 11.7. The number of pyridine rings is 1. The lowest BCUT2D eigenvalue weighted by atomic mass is 10.2. The molecule has 22 heavy (non-hydrogen) atoms. The molecule has 5 heteroatoms. The number of aromatic amines is 1. The lowest BCUT2D eigenvalue weighted by Gasteiger charge is -2.06. The van der Waals surface area contributed by atoms with Crippen molar-refractivity contribution in [2.24, 2.45) is 0 Å². The first-order valence-corrected chi connectivity index (χ1v) is 7.19. The van der Waals surface area contributed by atoms with Crippen LogP contribution in [-0.4, -0.2) is 22.5 Å². The molecule has 0 amide bonds. The molecule has 1 aromatic carbocycles. The molecule has 5 nitrogen and oxygen atoms in total. The van der Waals surface area contributed by atoms with E-state index in [-0.39, 0.29) is 5.97 Å². The number of aromatic nitrogens is 2. The number of esters is 1. The molecule has 0 saturated carbocycles. The molecule has 112 valence electrons. The molecule has 0 aliphatic carbocycles. The Hall–Kier alpha value is -2.82. The van der Waals surface area contributed by atoms with Crippen molar-refractivity contribution in [2.45, 2.75) is 13.5 Å². The van der Waals surface area contributed by atoms with Gasteiger partial charge in [-0.25, -0.2) is 4.79 Å². The fourth-order valence-electron chi connectivity index (χ4n) is 2.27. The highest BCUT2D eigenvalue weighted by Crippen LogP contribution is 2.21. The average Bonchev–Trinajstić information content (AvgIpc) is 2.97. The number of hydrogen-bond donors (Lipinski definition) is 2. The third-order valence-corrected chi connectivity index (χ3v) is 3.34. The Morgan fingerprint density at radius 2 is 2.23 bits per heavy atom. The molecule has 0 spiro atoms. The van der Waals surface area contributed by atoms with Gasteiger partial charge in [0.05, 0.1) is 6.61 Å². The predicted octanol–water partition coefficient (Wildman–Crippen LogP) is 3.35. The van der Waals surface area contributed by atoms with E-state index in [4.69, 9.17) is 4.74 Å². The first-order chi connectivity index (χ1) is 10.8. The minimum Gasteiger partial charge on any atom is -0.461 e. The van der Waals surface area contributed by atoms with Gasteiger partial charge in [-0.1, -0.05) is 6.07 Å². The molecule has 0 unspecified atom stereocenters. The number of nitrogens with one attached hydrogen (secondary N) is 2. The van der Waals surface area contributed by atoms with E-state index < -0.39 is 0 Å². The molecule has 0 bridgehead atoms. The third-order valence-electron chi connectivity index (χ3n) is 3.34. The summed E-state index contributed by atoms with van der Waals surface area (Å²) in [5.41, 5.74) is 3.49. The van der Waals surface area contributed by atoms with Crippen LogP contribution in [0.3, 0.4) is 0 Å². The number of hydrogen-bond acceptors (Lipinski definition) is 4. The van der Waals surface area contributed by atoms with E-state index in [2.05, 4.69) is 15.3 Å². The topological polar surface area (TPSA) is 67.0 Å². The maximum atomic E-state index is 11.7. The van der Waals surface area contributed by atoms with Gasteiger partial charge in [0, 0.05) is 35.5 Å². The van der Waals surface area contributed by atoms with Crippen LogP contribution in [0.1, 0.15) is 23.0 Å². The minimum absolute atomic E-state index is 0.330. The van der Waals surface area contributed by atoms with Crippen molar-refractivity contribution in [3.63, 3.8) is 0 Å². The zero-order valence-electron chi connectivity index (χ0n) is 12.3. The summed E-state index contributed by atoms with van der Waals surface area (Å²) >= 11 is 0. The lowest BCUT2D eigenvalue weighted by Crippen LogP contribution is -2.04. The monoisotopic (exact) mass is 295 g/mol. The Morgan fingerprint density at radius 1 is 1.32 bits per heavy atom. The highest BCUT2D eigenvalue weighted by atomic mass is 16.5. The predicted molar refractivity (Wildman–Crippen MR) is 85.8 cm³/mol. The van der Waals surface area contributed by atoms with Crippen LogP contribution >= 0.6 is 0 Å². The first kappa shape index (κ1) is 14.1. The molecule has 2 N–H and O–H groups in total. The highest BCUT2D eigenvalue weighted by Gasteiger charge is 2.10. The smallest absolute Gasteiger partial charge is 0.354 e. The summed E-state index contributed by atoms with van der Waals surface area (Å²) in [6.07, 6.45) is 3.59. The molecule has 0 aliphatic rings. The number of carbonyl (C=O) groups is 1. The number of benzene rings is 1. The standard InChI is InChI=1S/C17H17N3O2/c1-2-22-17(21)16-9-13-8-14(5-6-15(13)20-16)19-11-12-4-3-7-18-10-12/h3-10,19-20H,2,11H2,1H3. The van der Waals surface area contributed by atoms with Crippen LogP contribution in [0.2, 0.25) is 0 Å². The zero-order chi connectivity index (χ0) is 15.4. The quantitative estimate of drug-likeness (QED) is 0.708. The van der Waals surface area contributed by atoms with Crippen molar-refractivity contribution < 1.29 is 9.53 Å². The molecule has 3 rings (SSSR count). The number of ether oxygens (including phenoxy) is 1. The van der Waals surface area contributed by atoms with E-state index in [0.717, 1.165) is 22.2 Å². The van der Waals surface area contributed by atoms with Crippen molar-refractivity contribution in [1.29, 1.82) is 0 Å². The number of rotatable bonds is 5. The molecule has 0 aliphatic heterocycles. The zero-order valence-corrected chi connectivity index (χ0v) is 12.3. The van der Waals surface area contributed by atoms with E-state index in [9.17, 15) is 4.79 Å².